The van der Waals surface area contributed by atoms with Crippen LogP contribution >= 0.6 is 0 Å². The van der Waals surface area contributed by atoms with Crippen molar-refractivity contribution in [3.05, 3.63) is 23.8 Å². The van der Waals surface area contributed by atoms with Crippen molar-refractivity contribution < 1.29 is 4.79 Å². The second kappa shape index (κ2) is 5.66. The first-order valence-electron chi connectivity index (χ1n) is 7.06. The highest BCUT2D eigenvalue weighted by atomic mass is 16.1. The van der Waals surface area contributed by atoms with Crippen LogP contribution in [0.2, 0.25) is 0 Å². The molecule has 0 saturated carbocycles. The Bertz CT molecular complexity index is 337. The molecule has 0 fully saturated rings. The van der Waals surface area contributed by atoms with Gasteiger partial charge in [0.25, 0.3) is 0 Å². The highest BCUT2D eigenvalue weighted by molar-refractivity contribution is 5.81. The van der Waals surface area contributed by atoms with Crippen molar-refractivity contribution >= 4 is 5.78 Å². The summed E-state index contributed by atoms with van der Waals surface area (Å²) in [5.41, 5.74) is 3.33. The Kier molecular flexibility index (Phi) is 4.20. The molecule has 2 aliphatic rings. The van der Waals surface area contributed by atoms with E-state index in [1.54, 1.807) is 11.1 Å². The van der Waals surface area contributed by atoms with Crippen LogP contribution in [0, 0.1) is 11.8 Å². The Morgan fingerprint density at radius 2 is 2.18 bits per heavy atom. The van der Waals surface area contributed by atoms with Gasteiger partial charge >= 0.3 is 0 Å². The molecule has 0 radical (unpaired) electrons. The normalized spacial score (nSPS) is 28.8. The minimum Gasteiger partial charge on any atom is -0.299 e. The van der Waals surface area contributed by atoms with E-state index in [0.717, 1.165) is 19.3 Å². The number of rotatable bonds is 4. The summed E-state index contributed by atoms with van der Waals surface area (Å²) in [6, 6.07) is 0. The minimum absolute atomic E-state index is 0.307. The Morgan fingerprint density at radius 1 is 1.41 bits per heavy atom. The Morgan fingerprint density at radius 3 is 2.94 bits per heavy atom. The fraction of sp³-hybridized carbons (Fsp3) is 0.688. The summed E-state index contributed by atoms with van der Waals surface area (Å²) in [5, 5.41) is 0. The molecule has 0 aromatic rings. The van der Waals surface area contributed by atoms with Crippen molar-refractivity contribution in [2.24, 2.45) is 11.8 Å². The van der Waals surface area contributed by atoms with E-state index < -0.39 is 0 Å². The third-order valence-electron chi connectivity index (χ3n) is 4.40. The zero-order valence-corrected chi connectivity index (χ0v) is 11.0. The number of hydrogen-bond donors (Lipinski definition) is 0. The van der Waals surface area contributed by atoms with E-state index in [1.807, 2.05) is 6.08 Å². The third-order valence-corrected chi connectivity index (χ3v) is 4.40. The molecule has 1 heteroatoms. The largest absolute Gasteiger partial charge is 0.299 e. The number of hydrogen-bond acceptors (Lipinski definition) is 1. The van der Waals surface area contributed by atoms with Crippen LogP contribution in [0.4, 0.5) is 0 Å². The lowest BCUT2D eigenvalue weighted by atomic mass is 9.71. The standard InChI is InChI=1S/C16H24O/c1-3-4-9-16(17)14-10-12(2)15-8-6-5-7-13(15)11-14/h3,12,14H,1,4-11H2,2H3. The van der Waals surface area contributed by atoms with Gasteiger partial charge in [0.05, 0.1) is 0 Å². The molecule has 0 aromatic carbocycles. The molecule has 0 amide bonds. The summed E-state index contributed by atoms with van der Waals surface area (Å²) in [6.45, 7) is 6.01. The maximum absolute atomic E-state index is 12.1. The molecule has 0 aliphatic heterocycles. The lowest BCUT2D eigenvalue weighted by Gasteiger charge is -2.34. The quantitative estimate of drug-likeness (QED) is 0.655. The van der Waals surface area contributed by atoms with Crippen molar-refractivity contribution in [2.45, 2.75) is 58.3 Å². The van der Waals surface area contributed by atoms with Gasteiger partial charge in [-0.1, -0.05) is 24.1 Å². The molecule has 2 rings (SSSR count). The molecule has 2 aliphatic carbocycles. The average molecular weight is 232 g/mol. The van der Waals surface area contributed by atoms with Crippen LogP contribution in [-0.4, -0.2) is 5.78 Å². The van der Waals surface area contributed by atoms with E-state index in [2.05, 4.69) is 13.5 Å². The lowest BCUT2D eigenvalue weighted by molar-refractivity contribution is -0.123. The van der Waals surface area contributed by atoms with Crippen molar-refractivity contribution in [1.82, 2.24) is 0 Å². The smallest absolute Gasteiger partial charge is 0.136 e. The first-order valence-corrected chi connectivity index (χ1v) is 7.06. The van der Waals surface area contributed by atoms with Crippen LogP contribution in [-0.2, 0) is 4.79 Å². The van der Waals surface area contributed by atoms with E-state index in [9.17, 15) is 4.79 Å². The van der Waals surface area contributed by atoms with Gasteiger partial charge in [-0.25, -0.2) is 0 Å². The Balaban J connectivity index is 2.02. The molecular formula is C16H24O. The van der Waals surface area contributed by atoms with Gasteiger partial charge in [-0.05, 0) is 50.9 Å². The summed E-state index contributed by atoms with van der Waals surface area (Å²) < 4.78 is 0. The molecule has 17 heavy (non-hydrogen) atoms. The van der Waals surface area contributed by atoms with E-state index >= 15 is 0 Å². The Labute approximate surface area is 105 Å². The fourth-order valence-electron chi connectivity index (χ4n) is 3.46. The maximum Gasteiger partial charge on any atom is 0.136 e. The molecule has 0 saturated heterocycles. The summed E-state index contributed by atoms with van der Waals surface area (Å²) in [6.07, 6.45) is 10.8. The van der Waals surface area contributed by atoms with Crippen LogP contribution in [0.3, 0.4) is 0 Å². The van der Waals surface area contributed by atoms with Gasteiger partial charge < -0.3 is 0 Å². The fourth-order valence-corrected chi connectivity index (χ4v) is 3.46. The van der Waals surface area contributed by atoms with Crippen LogP contribution in [0.15, 0.2) is 23.8 Å². The molecule has 0 bridgehead atoms. The van der Waals surface area contributed by atoms with Gasteiger partial charge in [-0.2, -0.15) is 0 Å². The summed E-state index contributed by atoms with van der Waals surface area (Å²) >= 11 is 0. The van der Waals surface area contributed by atoms with Crippen LogP contribution in [0.1, 0.15) is 58.3 Å². The summed E-state index contributed by atoms with van der Waals surface area (Å²) in [7, 11) is 0. The van der Waals surface area contributed by atoms with Gasteiger partial charge in [0.2, 0.25) is 0 Å². The predicted octanol–water partition coefficient (Wildman–Crippen LogP) is 4.44. The molecule has 0 N–H and O–H groups in total. The highest BCUT2D eigenvalue weighted by Gasteiger charge is 2.30. The monoisotopic (exact) mass is 232 g/mol. The number of ketones is 1. The predicted molar refractivity (Wildman–Crippen MR) is 71.8 cm³/mol. The average Bonchev–Trinajstić information content (AvgIpc) is 2.36. The van der Waals surface area contributed by atoms with Gasteiger partial charge in [0, 0.05) is 12.3 Å². The van der Waals surface area contributed by atoms with Crippen molar-refractivity contribution in [3.63, 3.8) is 0 Å². The number of carbonyl (C=O) groups is 1. The first-order chi connectivity index (χ1) is 8.22. The summed E-state index contributed by atoms with van der Waals surface area (Å²) in [4.78, 5) is 12.1. The molecule has 94 valence electrons. The van der Waals surface area contributed by atoms with Gasteiger partial charge in [-0.3, -0.25) is 4.79 Å². The zero-order chi connectivity index (χ0) is 12.3. The number of allylic oxidation sites excluding steroid dienone is 3. The molecule has 2 atom stereocenters. The van der Waals surface area contributed by atoms with Crippen LogP contribution < -0.4 is 0 Å². The van der Waals surface area contributed by atoms with Gasteiger partial charge in [0.15, 0.2) is 0 Å². The van der Waals surface area contributed by atoms with Crippen LogP contribution in [0.25, 0.3) is 0 Å². The van der Waals surface area contributed by atoms with E-state index in [-0.39, 0.29) is 0 Å². The maximum atomic E-state index is 12.1. The van der Waals surface area contributed by atoms with Crippen molar-refractivity contribution in [3.8, 4) is 0 Å². The second-order valence-electron chi connectivity index (χ2n) is 5.67. The van der Waals surface area contributed by atoms with Gasteiger partial charge in [-0.15, -0.1) is 6.58 Å². The van der Waals surface area contributed by atoms with Crippen LogP contribution in [0.5, 0.6) is 0 Å². The molecular weight excluding hydrogens is 208 g/mol. The van der Waals surface area contributed by atoms with Gasteiger partial charge in [0.1, 0.15) is 5.78 Å². The van der Waals surface area contributed by atoms with E-state index in [0.29, 0.717) is 24.0 Å². The molecule has 0 heterocycles. The van der Waals surface area contributed by atoms with E-state index in [1.165, 1.54) is 25.7 Å². The zero-order valence-electron chi connectivity index (χ0n) is 11.0. The summed E-state index contributed by atoms with van der Waals surface area (Å²) in [5.74, 6) is 1.42. The minimum atomic E-state index is 0.307. The van der Waals surface area contributed by atoms with E-state index in [4.69, 9.17) is 0 Å². The highest BCUT2D eigenvalue weighted by Crippen LogP contribution is 2.41. The SMILES string of the molecule is C=CCCC(=O)C1CC2=C(CCCC2)C(C)C1. The lowest BCUT2D eigenvalue weighted by Crippen LogP contribution is -2.25. The number of carbonyl (C=O) groups excluding carboxylic acids is 1. The topological polar surface area (TPSA) is 17.1 Å². The van der Waals surface area contributed by atoms with Crippen molar-refractivity contribution in [1.29, 1.82) is 0 Å². The molecule has 0 aromatic heterocycles. The molecule has 0 spiro atoms. The molecule has 1 nitrogen and oxygen atoms in total. The third kappa shape index (κ3) is 2.88. The van der Waals surface area contributed by atoms with Crippen molar-refractivity contribution in [2.75, 3.05) is 0 Å². The first kappa shape index (κ1) is 12.6. The Hall–Kier alpha value is -0.850. The molecule has 2 unspecified atom stereocenters. The second-order valence-corrected chi connectivity index (χ2v) is 5.67. The number of Topliss-reactive ketones (excluding diaryl/α,β-unsaturated/α-hetero) is 1.